The summed E-state index contributed by atoms with van der Waals surface area (Å²) in [6, 6.07) is 7.49. The van der Waals surface area contributed by atoms with E-state index in [1.807, 2.05) is 29.3 Å². The second kappa shape index (κ2) is 4.62. The zero-order valence-electron chi connectivity index (χ0n) is 10.7. The van der Waals surface area contributed by atoms with Crippen LogP contribution in [-0.4, -0.2) is 34.8 Å². The summed E-state index contributed by atoms with van der Waals surface area (Å²) in [6.07, 6.45) is 0.536. The molecular formula is C14H15ClN2O2. The maximum absolute atomic E-state index is 11.8. The van der Waals surface area contributed by atoms with Crippen molar-refractivity contribution in [2.45, 2.75) is 19.4 Å². The summed E-state index contributed by atoms with van der Waals surface area (Å²) in [5.74, 6) is 0.0929. The first-order valence-electron chi connectivity index (χ1n) is 6.41. The minimum atomic E-state index is -0.148. The van der Waals surface area contributed by atoms with Gasteiger partial charge >= 0.3 is 0 Å². The summed E-state index contributed by atoms with van der Waals surface area (Å²) < 4.78 is 0. The van der Waals surface area contributed by atoms with E-state index in [1.165, 1.54) is 0 Å². The van der Waals surface area contributed by atoms with Crippen LogP contribution in [0.5, 0.6) is 0 Å². The number of amides is 1. The lowest BCUT2D eigenvalue weighted by Crippen LogP contribution is -2.33. The molecule has 5 heteroatoms. The fourth-order valence-electron chi connectivity index (χ4n) is 3.01. The molecule has 0 radical (unpaired) electrons. The van der Waals surface area contributed by atoms with E-state index in [4.69, 9.17) is 11.6 Å². The first-order valence-corrected chi connectivity index (χ1v) is 6.78. The van der Waals surface area contributed by atoms with Crippen molar-refractivity contribution in [2.75, 3.05) is 13.1 Å². The predicted molar refractivity (Wildman–Crippen MR) is 71.4 cm³/mol. The third kappa shape index (κ3) is 2.05. The van der Waals surface area contributed by atoms with Gasteiger partial charge in [0.2, 0.25) is 5.91 Å². The molecule has 2 unspecified atom stereocenters. The normalized spacial score (nSPS) is 26.8. The summed E-state index contributed by atoms with van der Waals surface area (Å²) in [5.41, 5.74) is 1.04. The average molecular weight is 279 g/mol. The molecule has 1 aromatic rings. The molecule has 0 saturated carbocycles. The molecule has 2 aliphatic rings. The Morgan fingerprint density at radius 3 is 2.63 bits per heavy atom. The van der Waals surface area contributed by atoms with Crippen LogP contribution in [0, 0.1) is 5.92 Å². The molecule has 3 rings (SSSR count). The molecule has 2 aliphatic heterocycles. The molecule has 1 amide bonds. The van der Waals surface area contributed by atoms with E-state index >= 15 is 0 Å². The third-order valence-electron chi connectivity index (χ3n) is 3.96. The second-order valence-electron chi connectivity index (χ2n) is 5.10. The molecule has 0 aliphatic carbocycles. The van der Waals surface area contributed by atoms with E-state index in [2.05, 4.69) is 0 Å². The Morgan fingerprint density at radius 1 is 1.32 bits per heavy atom. The van der Waals surface area contributed by atoms with Crippen LogP contribution in [0.3, 0.4) is 0 Å². The van der Waals surface area contributed by atoms with Gasteiger partial charge in [-0.3, -0.25) is 14.6 Å². The van der Waals surface area contributed by atoms with Crippen molar-refractivity contribution in [3.8, 4) is 0 Å². The second-order valence-corrected chi connectivity index (χ2v) is 5.54. The quantitative estimate of drug-likeness (QED) is 0.831. The van der Waals surface area contributed by atoms with E-state index in [-0.39, 0.29) is 23.7 Å². The molecule has 0 bridgehead atoms. The van der Waals surface area contributed by atoms with Gasteiger partial charge < -0.3 is 0 Å². The molecule has 19 heavy (non-hydrogen) atoms. The number of nitrogens with zero attached hydrogens (tertiary/aromatic N) is 2. The van der Waals surface area contributed by atoms with Crippen molar-refractivity contribution < 1.29 is 9.59 Å². The lowest BCUT2D eigenvalue weighted by Gasteiger charge is -2.26. The minimum absolute atomic E-state index is 0.0405. The number of hydrogen-bond donors (Lipinski definition) is 0. The van der Waals surface area contributed by atoms with Gasteiger partial charge in [0.25, 0.3) is 0 Å². The third-order valence-corrected chi connectivity index (χ3v) is 4.21. The zero-order valence-corrected chi connectivity index (χ0v) is 11.4. The van der Waals surface area contributed by atoms with Crippen molar-refractivity contribution in [3.05, 3.63) is 34.9 Å². The van der Waals surface area contributed by atoms with Crippen LogP contribution in [0.4, 0.5) is 0 Å². The predicted octanol–water partition coefficient (Wildman–Crippen LogP) is 2.05. The van der Waals surface area contributed by atoms with Gasteiger partial charge in [-0.25, -0.2) is 5.01 Å². The summed E-state index contributed by atoms with van der Waals surface area (Å²) in [4.78, 5) is 23.7. The molecule has 4 nitrogen and oxygen atoms in total. The summed E-state index contributed by atoms with van der Waals surface area (Å²) in [6.45, 7) is 2.79. The first-order chi connectivity index (χ1) is 9.08. The van der Waals surface area contributed by atoms with Crippen molar-refractivity contribution in [1.29, 1.82) is 0 Å². The SMILES string of the molecule is CC(=O)C1CN2C(=O)CCN2C1c1ccc(Cl)cc1. The summed E-state index contributed by atoms with van der Waals surface area (Å²) in [5, 5.41) is 4.43. The number of fused-ring (bicyclic) bond motifs is 1. The summed E-state index contributed by atoms with van der Waals surface area (Å²) >= 11 is 5.91. The van der Waals surface area contributed by atoms with Gasteiger partial charge in [0.05, 0.1) is 12.0 Å². The van der Waals surface area contributed by atoms with Gasteiger partial charge in [-0.15, -0.1) is 0 Å². The molecule has 0 N–H and O–H groups in total. The Morgan fingerprint density at radius 2 is 2.00 bits per heavy atom. The molecule has 0 aromatic heterocycles. The van der Waals surface area contributed by atoms with Crippen LogP contribution in [-0.2, 0) is 9.59 Å². The van der Waals surface area contributed by atoms with Crippen molar-refractivity contribution >= 4 is 23.3 Å². The number of carbonyl (C=O) groups excluding carboxylic acids is 2. The van der Waals surface area contributed by atoms with Gasteiger partial charge in [0, 0.05) is 24.5 Å². The number of carbonyl (C=O) groups is 2. The average Bonchev–Trinajstić information content (AvgIpc) is 2.91. The fourth-order valence-corrected chi connectivity index (χ4v) is 3.13. The van der Waals surface area contributed by atoms with Crippen LogP contribution < -0.4 is 0 Å². The number of hydrogen-bond acceptors (Lipinski definition) is 3. The molecule has 2 saturated heterocycles. The number of Topliss-reactive ketones (excluding diaryl/α,β-unsaturated/α-hetero) is 1. The van der Waals surface area contributed by atoms with Crippen molar-refractivity contribution in [3.63, 3.8) is 0 Å². The lowest BCUT2D eigenvalue weighted by molar-refractivity contribution is -0.135. The molecule has 0 spiro atoms. The van der Waals surface area contributed by atoms with E-state index in [0.717, 1.165) is 5.56 Å². The van der Waals surface area contributed by atoms with Crippen LogP contribution in [0.15, 0.2) is 24.3 Å². The van der Waals surface area contributed by atoms with Gasteiger partial charge in [-0.05, 0) is 24.6 Å². The van der Waals surface area contributed by atoms with E-state index < -0.39 is 0 Å². The topological polar surface area (TPSA) is 40.6 Å². The van der Waals surface area contributed by atoms with Crippen LogP contribution in [0.1, 0.15) is 24.9 Å². The highest BCUT2D eigenvalue weighted by Gasteiger charge is 2.47. The molecule has 2 atom stereocenters. The number of ketones is 1. The smallest absolute Gasteiger partial charge is 0.238 e. The molecule has 2 fully saturated rings. The van der Waals surface area contributed by atoms with Crippen LogP contribution in [0.25, 0.3) is 0 Å². The molecule has 2 heterocycles. The van der Waals surface area contributed by atoms with Crippen molar-refractivity contribution in [1.82, 2.24) is 10.0 Å². The molecule has 100 valence electrons. The molecule has 1 aromatic carbocycles. The number of benzene rings is 1. The van der Waals surface area contributed by atoms with E-state index in [9.17, 15) is 9.59 Å². The zero-order chi connectivity index (χ0) is 13.6. The summed E-state index contributed by atoms with van der Waals surface area (Å²) in [7, 11) is 0. The Hall–Kier alpha value is -1.39. The maximum Gasteiger partial charge on any atom is 0.238 e. The van der Waals surface area contributed by atoms with Gasteiger partial charge in [0.1, 0.15) is 5.78 Å². The van der Waals surface area contributed by atoms with Crippen molar-refractivity contribution in [2.24, 2.45) is 5.92 Å². The number of rotatable bonds is 2. The van der Waals surface area contributed by atoms with Crippen LogP contribution in [0.2, 0.25) is 5.02 Å². The monoisotopic (exact) mass is 278 g/mol. The standard InChI is InChI=1S/C14H15ClN2O2/c1-9(18)12-8-17-13(19)6-7-16(17)14(12)10-2-4-11(15)5-3-10/h2-5,12,14H,6-8H2,1H3. The number of hydrazine groups is 1. The molecular weight excluding hydrogens is 264 g/mol. The van der Waals surface area contributed by atoms with E-state index in [0.29, 0.717) is 24.5 Å². The van der Waals surface area contributed by atoms with Crippen LogP contribution >= 0.6 is 11.6 Å². The Balaban J connectivity index is 1.98. The van der Waals surface area contributed by atoms with E-state index in [1.54, 1.807) is 11.9 Å². The Kier molecular flexibility index (Phi) is 3.07. The highest BCUT2D eigenvalue weighted by molar-refractivity contribution is 6.30. The highest BCUT2D eigenvalue weighted by Crippen LogP contribution is 2.40. The maximum atomic E-state index is 11.8. The lowest BCUT2D eigenvalue weighted by atomic mass is 9.91. The van der Waals surface area contributed by atoms with Gasteiger partial charge in [0.15, 0.2) is 0 Å². The number of halogens is 1. The Bertz CT molecular complexity index is 529. The first kappa shape index (κ1) is 12.6. The minimum Gasteiger partial charge on any atom is -0.300 e. The van der Waals surface area contributed by atoms with Gasteiger partial charge in [-0.2, -0.15) is 0 Å². The Labute approximate surface area is 116 Å². The fraction of sp³-hybridized carbons (Fsp3) is 0.429. The highest BCUT2D eigenvalue weighted by atomic mass is 35.5. The largest absolute Gasteiger partial charge is 0.300 e. The van der Waals surface area contributed by atoms with Gasteiger partial charge in [-0.1, -0.05) is 23.7 Å².